The fourth-order valence-electron chi connectivity index (χ4n) is 2.71. The molecule has 0 spiro atoms. The van der Waals surface area contributed by atoms with Gasteiger partial charge in [-0.05, 0) is 84.4 Å². The van der Waals surface area contributed by atoms with Crippen molar-refractivity contribution in [1.29, 1.82) is 5.26 Å². The van der Waals surface area contributed by atoms with E-state index in [1.54, 1.807) is 0 Å². The predicted molar refractivity (Wildman–Crippen MR) is 109 cm³/mol. The van der Waals surface area contributed by atoms with Crippen LogP contribution in [-0.2, 0) is 4.79 Å². The molecule has 130 valence electrons. The van der Waals surface area contributed by atoms with Crippen molar-refractivity contribution in [3.05, 3.63) is 62.7 Å². The molecule has 0 aliphatic rings. The normalized spacial score (nSPS) is 11.8. The Balaban J connectivity index is 2.04. The minimum atomic E-state index is -0.0216. The zero-order chi connectivity index (χ0) is 18.4. The lowest BCUT2D eigenvalue weighted by Crippen LogP contribution is -2.35. The van der Waals surface area contributed by atoms with Crippen molar-refractivity contribution in [2.45, 2.75) is 26.8 Å². The number of nitriles is 1. The number of hydrogen-bond donors (Lipinski definition) is 1. The van der Waals surface area contributed by atoms with Crippen LogP contribution in [0.4, 0.5) is 5.69 Å². The molecule has 2 aromatic carbocycles. The van der Waals surface area contributed by atoms with Gasteiger partial charge in [0.05, 0.1) is 18.2 Å². The van der Waals surface area contributed by atoms with Crippen molar-refractivity contribution in [3.63, 3.8) is 0 Å². The summed E-state index contributed by atoms with van der Waals surface area (Å²) in [7, 11) is 0. The molecule has 1 N–H and O–H groups in total. The number of likely N-dealkylation sites (N-methyl/N-ethyl adjacent to an activating group) is 1. The van der Waals surface area contributed by atoms with Crippen molar-refractivity contribution < 1.29 is 4.79 Å². The Labute approximate surface area is 163 Å². The van der Waals surface area contributed by atoms with Crippen LogP contribution in [0.25, 0.3) is 0 Å². The van der Waals surface area contributed by atoms with Gasteiger partial charge in [-0.1, -0.05) is 19.1 Å². The van der Waals surface area contributed by atoms with Gasteiger partial charge in [-0.25, -0.2) is 0 Å². The zero-order valence-corrected chi connectivity index (χ0v) is 16.9. The molecule has 4 nitrogen and oxygen atoms in total. The van der Waals surface area contributed by atoms with Crippen LogP contribution in [-0.4, -0.2) is 23.9 Å². The van der Waals surface area contributed by atoms with Gasteiger partial charge in [0, 0.05) is 15.3 Å². The minimum Gasteiger partial charge on any atom is -0.325 e. The van der Waals surface area contributed by atoms with E-state index < -0.39 is 0 Å². The molecule has 1 amide bonds. The fraction of sp³-hybridized carbons (Fsp3) is 0.300. The van der Waals surface area contributed by atoms with Crippen molar-refractivity contribution in [2.24, 2.45) is 0 Å². The van der Waals surface area contributed by atoms with Crippen LogP contribution in [0.3, 0.4) is 0 Å². The first kappa shape index (κ1) is 19.4. The molecule has 5 heteroatoms. The Morgan fingerprint density at radius 3 is 2.52 bits per heavy atom. The van der Waals surface area contributed by atoms with Gasteiger partial charge in [-0.2, -0.15) is 5.26 Å². The summed E-state index contributed by atoms with van der Waals surface area (Å²) in [5.74, 6) is -0.0216. The lowest BCUT2D eigenvalue weighted by molar-refractivity contribution is -0.117. The molecule has 1 unspecified atom stereocenters. The first-order valence-electron chi connectivity index (χ1n) is 8.24. The minimum absolute atomic E-state index is 0.0216. The lowest BCUT2D eigenvalue weighted by atomic mass is 10.0. The third kappa shape index (κ3) is 5.28. The molecule has 0 saturated carbocycles. The molecule has 0 bridgehead atoms. The zero-order valence-electron chi connectivity index (χ0n) is 14.7. The van der Waals surface area contributed by atoms with E-state index in [9.17, 15) is 4.79 Å². The van der Waals surface area contributed by atoms with Crippen LogP contribution < -0.4 is 5.32 Å². The van der Waals surface area contributed by atoms with E-state index in [1.807, 2.05) is 56.3 Å². The Kier molecular flexibility index (Phi) is 6.97. The number of anilines is 1. The Hall–Kier alpha value is -1.91. The molecule has 2 aromatic rings. The van der Waals surface area contributed by atoms with E-state index in [1.165, 1.54) is 0 Å². The van der Waals surface area contributed by atoms with Gasteiger partial charge in [0.1, 0.15) is 0 Å². The molecule has 2 rings (SSSR count). The van der Waals surface area contributed by atoms with Gasteiger partial charge in [-0.15, -0.1) is 0 Å². The van der Waals surface area contributed by atoms with E-state index in [0.29, 0.717) is 12.1 Å². The summed E-state index contributed by atoms with van der Waals surface area (Å²) >= 11 is 2.26. The quantitative estimate of drug-likeness (QED) is 0.664. The van der Waals surface area contributed by atoms with Crippen molar-refractivity contribution >= 4 is 34.2 Å². The molecule has 25 heavy (non-hydrogen) atoms. The second kappa shape index (κ2) is 8.97. The molecular weight excluding hydrogens is 425 g/mol. The molecule has 0 saturated heterocycles. The maximum Gasteiger partial charge on any atom is 0.238 e. The number of aryl methyl sites for hydroxylation is 1. The summed E-state index contributed by atoms with van der Waals surface area (Å²) in [6, 6.07) is 15.7. The number of nitrogens with one attached hydrogen (secondary N) is 1. The highest BCUT2D eigenvalue weighted by Crippen LogP contribution is 2.21. The highest BCUT2D eigenvalue weighted by Gasteiger charge is 2.17. The smallest absolute Gasteiger partial charge is 0.238 e. The first-order chi connectivity index (χ1) is 11.9. The molecule has 0 radical (unpaired) electrons. The van der Waals surface area contributed by atoms with Gasteiger partial charge in [0.15, 0.2) is 0 Å². The number of nitrogens with zero attached hydrogens (tertiary/aromatic N) is 2. The van der Waals surface area contributed by atoms with Crippen LogP contribution >= 0.6 is 22.6 Å². The summed E-state index contributed by atoms with van der Waals surface area (Å²) < 4.78 is 1.15. The molecule has 0 aliphatic heterocycles. The number of amides is 1. The SMILES string of the molecule is CCN(CC(=O)Nc1ccc(I)cc1C)C(C)c1ccc(C#N)cc1. The number of carbonyl (C=O) groups excluding carboxylic acids is 1. The van der Waals surface area contributed by atoms with Gasteiger partial charge >= 0.3 is 0 Å². The Bertz CT molecular complexity index is 781. The number of halogens is 1. The highest BCUT2D eigenvalue weighted by molar-refractivity contribution is 14.1. The fourth-order valence-corrected chi connectivity index (χ4v) is 3.36. The van der Waals surface area contributed by atoms with Crippen molar-refractivity contribution in [2.75, 3.05) is 18.4 Å². The Morgan fingerprint density at radius 2 is 1.96 bits per heavy atom. The average Bonchev–Trinajstić information content (AvgIpc) is 2.61. The van der Waals surface area contributed by atoms with E-state index in [4.69, 9.17) is 5.26 Å². The van der Waals surface area contributed by atoms with E-state index in [2.05, 4.69) is 45.8 Å². The molecule has 1 atom stereocenters. The molecular formula is C20H22IN3O. The Morgan fingerprint density at radius 1 is 1.28 bits per heavy atom. The predicted octanol–water partition coefficient (Wildman–Crippen LogP) is 4.49. The van der Waals surface area contributed by atoms with Crippen molar-refractivity contribution in [3.8, 4) is 6.07 Å². The molecule has 0 aromatic heterocycles. The van der Waals surface area contributed by atoms with Crippen LogP contribution in [0.2, 0.25) is 0 Å². The molecule has 0 fully saturated rings. The number of hydrogen-bond acceptors (Lipinski definition) is 3. The van der Waals surface area contributed by atoms with Crippen LogP contribution in [0.1, 0.15) is 36.6 Å². The van der Waals surface area contributed by atoms with E-state index in [-0.39, 0.29) is 11.9 Å². The maximum atomic E-state index is 12.5. The number of benzene rings is 2. The average molecular weight is 447 g/mol. The highest BCUT2D eigenvalue weighted by atomic mass is 127. The summed E-state index contributed by atoms with van der Waals surface area (Å²) in [5, 5.41) is 11.9. The third-order valence-electron chi connectivity index (χ3n) is 4.29. The standard InChI is InChI=1S/C20H22IN3O/c1-4-24(15(3)17-7-5-16(12-22)6-8-17)13-20(25)23-19-10-9-18(21)11-14(19)2/h5-11,15H,4,13H2,1-3H3,(H,23,25). The summed E-state index contributed by atoms with van der Waals surface area (Å²) in [6.45, 7) is 7.20. The van der Waals surface area contributed by atoms with E-state index in [0.717, 1.165) is 26.9 Å². The second-order valence-corrected chi connectivity index (χ2v) is 7.23. The summed E-state index contributed by atoms with van der Waals surface area (Å²) in [6.07, 6.45) is 0. The summed E-state index contributed by atoms with van der Waals surface area (Å²) in [4.78, 5) is 14.6. The third-order valence-corrected chi connectivity index (χ3v) is 4.96. The van der Waals surface area contributed by atoms with E-state index >= 15 is 0 Å². The maximum absolute atomic E-state index is 12.5. The largest absolute Gasteiger partial charge is 0.325 e. The molecule has 0 heterocycles. The molecule has 0 aliphatic carbocycles. The van der Waals surface area contributed by atoms with Crippen LogP contribution in [0.5, 0.6) is 0 Å². The van der Waals surface area contributed by atoms with Crippen LogP contribution in [0.15, 0.2) is 42.5 Å². The van der Waals surface area contributed by atoms with Gasteiger partial charge < -0.3 is 5.32 Å². The van der Waals surface area contributed by atoms with Gasteiger partial charge in [-0.3, -0.25) is 9.69 Å². The van der Waals surface area contributed by atoms with Crippen molar-refractivity contribution in [1.82, 2.24) is 4.90 Å². The van der Waals surface area contributed by atoms with Crippen LogP contribution in [0, 0.1) is 21.8 Å². The van der Waals surface area contributed by atoms with Gasteiger partial charge in [0.2, 0.25) is 5.91 Å². The topological polar surface area (TPSA) is 56.1 Å². The monoisotopic (exact) mass is 447 g/mol. The first-order valence-corrected chi connectivity index (χ1v) is 9.32. The number of carbonyl (C=O) groups is 1. The summed E-state index contributed by atoms with van der Waals surface area (Å²) in [5.41, 5.74) is 3.65. The second-order valence-electron chi connectivity index (χ2n) is 5.98. The lowest BCUT2D eigenvalue weighted by Gasteiger charge is -2.27. The van der Waals surface area contributed by atoms with Gasteiger partial charge in [0.25, 0.3) is 0 Å². The number of rotatable bonds is 6.